The average Bonchev–Trinajstić information content (AvgIpc) is 2.44. The van der Waals surface area contributed by atoms with E-state index in [4.69, 9.17) is 5.73 Å². The van der Waals surface area contributed by atoms with Crippen molar-refractivity contribution in [1.29, 1.82) is 0 Å². The molecular weight excluding hydrogens is 250 g/mol. The summed E-state index contributed by atoms with van der Waals surface area (Å²) in [7, 11) is 1.86. The predicted octanol–water partition coefficient (Wildman–Crippen LogP) is 1.55. The molecule has 0 radical (unpaired) electrons. The van der Waals surface area contributed by atoms with Gasteiger partial charge in [0.1, 0.15) is 0 Å². The topological polar surface area (TPSA) is 49.6 Å². The molecule has 4 nitrogen and oxygen atoms in total. The Morgan fingerprint density at radius 3 is 2.60 bits per heavy atom. The number of carbonyl (C=O) groups is 1. The van der Waals surface area contributed by atoms with Crippen LogP contribution in [0.4, 0.5) is 0 Å². The maximum Gasteiger partial charge on any atom is 0.236 e. The third-order valence-corrected chi connectivity index (χ3v) is 4.26. The fourth-order valence-electron chi connectivity index (χ4n) is 2.85. The largest absolute Gasteiger partial charge is 0.343 e. The van der Waals surface area contributed by atoms with E-state index in [1.807, 2.05) is 13.1 Å². The molecule has 1 aliphatic heterocycles. The zero-order valence-electron chi connectivity index (χ0n) is 12.7. The Labute approximate surface area is 121 Å². The maximum absolute atomic E-state index is 12.0. The highest BCUT2D eigenvalue weighted by molar-refractivity contribution is 5.78. The number of amides is 1. The molecule has 110 valence electrons. The molecule has 1 fully saturated rings. The number of aryl methyl sites for hydroxylation is 1. The lowest BCUT2D eigenvalue weighted by Gasteiger charge is -2.40. The third-order valence-electron chi connectivity index (χ3n) is 4.26. The lowest BCUT2D eigenvalue weighted by molar-refractivity contribution is -0.135. The van der Waals surface area contributed by atoms with Crippen molar-refractivity contribution in [2.24, 2.45) is 5.73 Å². The summed E-state index contributed by atoms with van der Waals surface area (Å²) in [6.45, 7) is 6.34. The highest BCUT2D eigenvalue weighted by Gasteiger charge is 2.31. The number of hydrogen-bond donors (Lipinski definition) is 1. The molecule has 1 aromatic carbocycles. The standard InChI is InChI=1S/C16H25N3O/c1-4-14(17)16(13-8-6-5-7-12(13)2)19-10-9-18(3)15(20)11-19/h5-8,14,16H,4,9-11,17H2,1-3H3. The highest BCUT2D eigenvalue weighted by Crippen LogP contribution is 2.28. The Hall–Kier alpha value is -1.39. The number of piperazine rings is 1. The predicted molar refractivity (Wildman–Crippen MR) is 81.4 cm³/mol. The van der Waals surface area contributed by atoms with Gasteiger partial charge in [0.2, 0.25) is 5.91 Å². The third kappa shape index (κ3) is 3.02. The van der Waals surface area contributed by atoms with Crippen LogP contribution in [-0.2, 0) is 4.79 Å². The van der Waals surface area contributed by atoms with E-state index in [2.05, 4.69) is 36.9 Å². The molecule has 2 rings (SSSR count). The normalized spacial score (nSPS) is 20.0. The Morgan fingerprint density at radius 2 is 2.00 bits per heavy atom. The van der Waals surface area contributed by atoms with E-state index in [0.717, 1.165) is 19.5 Å². The molecule has 2 atom stereocenters. The number of nitrogens with two attached hydrogens (primary N) is 1. The highest BCUT2D eigenvalue weighted by atomic mass is 16.2. The van der Waals surface area contributed by atoms with E-state index >= 15 is 0 Å². The summed E-state index contributed by atoms with van der Waals surface area (Å²) in [4.78, 5) is 16.0. The Kier molecular flexibility index (Phi) is 4.78. The lowest BCUT2D eigenvalue weighted by atomic mass is 9.92. The van der Waals surface area contributed by atoms with Crippen LogP contribution in [0.3, 0.4) is 0 Å². The monoisotopic (exact) mass is 275 g/mol. The van der Waals surface area contributed by atoms with Crippen LogP contribution in [0.1, 0.15) is 30.5 Å². The zero-order chi connectivity index (χ0) is 14.7. The molecule has 1 aromatic rings. The Morgan fingerprint density at radius 1 is 1.30 bits per heavy atom. The first-order chi connectivity index (χ1) is 9.54. The number of hydrogen-bond acceptors (Lipinski definition) is 3. The molecule has 2 unspecified atom stereocenters. The molecule has 1 saturated heterocycles. The number of likely N-dealkylation sites (N-methyl/N-ethyl adjacent to an activating group) is 1. The van der Waals surface area contributed by atoms with E-state index < -0.39 is 0 Å². The summed E-state index contributed by atoms with van der Waals surface area (Å²) in [6, 6.07) is 8.52. The first-order valence-electron chi connectivity index (χ1n) is 7.33. The van der Waals surface area contributed by atoms with Crippen LogP contribution >= 0.6 is 0 Å². The summed E-state index contributed by atoms with van der Waals surface area (Å²) in [5.41, 5.74) is 8.86. The van der Waals surface area contributed by atoms with Crippen molar-refractivity contribution in [2.75, 3.05) is 26.7 Å². The van der Waals surface area contributed by atoms with Crippen molar-refractivity contribution in [2.45, 2.75) is 32.4 Å². The van der Waals surface area contributed by atoms with Gasteiger partial charge in [-0.25, -0.2) is 0 Å². The van der Waals surface area contributed by atoms with Gasteiger partial charge >= 0.3 is 0 Å². The minimum absolute atomic E-state index is 0.0484. The first kappa shape index (κ1) is 15.0. The van der Waals surface area contributed by atoms with Gasteiger partial charge in [-0.05, 0) is 24.5 Å². The molecule has 20 heavy (non-hydrogen) atoms. The second kappa shape index (κ2) is 6.37. The van der Waals surface area contributed by atoms with Crippen LogP contribution < -0.4 is 5.73 Å². The molecule has 0 aromatic heterocycles. The van der Waals surface area contributed by atoms with Crippen molar-refractivity contribution in [3.8, 4) is 0 Å². The minimum Gasteiger partial charge on any atom is -0.343 e. The van der Waals surface area contributed by atoms with Gasteiger partial charge < -0.3 is 10.6 Å². The van der Waals surface area contributed by atoms with E-state index in [0.29, 0.717) is 6.54 Å². The van der Waals surface area contributed by atoms with Gasteiger partial charge in [0.05, 0.1) is 12.6 Å². The second-order valence-corrected chi connectivity index (χ2v) is 5.66. The van der Waals surface area contributed by atoms with Crippen LogP contribution in [0.25, 0.3) is 0 Å². The molecule has 0 aliphatic carbocycles. The van der Waals surface area contributed by atoms with Gasteiger partial charge in [0, 0.05) is 26.2 Å². The van der Waals surface area contributed by atoms with Crippen molar-refractivity contribution >= 4 is 5.91 Å². The molecular formula is C16H25N3O. The SMILES string of the molecule is CCC(N)C(c1ccccc1C)N1CCN(C)C(=O)C1. The van der Waals surface area contributed by atoms with E-state index in [9.17, 15) is 4.79 Å². The molecule has 1 heterocycles. The lowest BCUT2D eigenvalue weighted by Crippen LogP contribution is -2.53. The summed E-state index contributed by atoms with van der Waals surface area (Å²) in [5.74, 6) is 0.179. The van der Waals surface area contributed by atoms with E-state index in [1.165, 1.54) is 11.1 Å². The van der Waals surface area contributed by atoms with Gasteiger partial charge in [-0.15, -0.1) is 0 Å². The number of carbonyl (C=O) groups excluding carboxylic acids is 1. The van der Waals surface area contributed by atoms with Crippen LogP contribution in [0.2, 0.25) is 0 Å². The summed E-state index contributed by atoms with van der Waals surface area (Å²) in [5, 5.41) is 0. The summed E-state index contributed by atoms with van der Waals surface area (Å²) >= 11 is 0. The molecule has 1 amide bonds. The van der Waals surface area contributed by atoms with Crippen molar-refractivity contribution in [3.63, 3.8) is 0 Å². The molecule has 1 aliphatic rings. The van der Waals surface area contributed by atoms with E-state index in [-0.39, 0.29) is 18.0 Å². The van der Waals surface area contributed by atoms with Crippen LogP contribution in [-0.4, -0.2) is 48.4 Å². The smallest absolute Gasteiger partial charge is 0.236 e. The molecule has 2 N–H and O–H groups in total. The van der Waals surface area contributed by atoms with Crippen LogP contribution in [0, 0.1) is 6.92 Å². The van der Waals surface area contributed by atoms with Gasteiger partial charge in [0.25, 0.3) is 0 Å². The Bertz CT molecular complexity index is 475. The summed E-state index contributed by atoms with van der Waals surface area (Å²) < 4.78 is 0. The minimum atomic E-state index is 0.0484. The van der Waals surface area contributed by atoms with Crippen molar-refractivity contribution < 1.29 is 4.79 Å². The number of benzene rings is 1. The molecule has 0 saturated carbocycles. The Balaban J connectivity index is 2.29. The van der Waals surface area contributed by atoms with E-state index in [1.54, 1.807) is 4.90 Å². The zero-order valence-corrected chi connectivity index (χ0v) is 12.7. The summed E-state index contributed by atoms with van der Waals surface area (Å²) in [6.07, 6.45) is 0.902. The quantitative estimate of drug-likeness (QED) is 0.907. The van der Waals surface area contributed by atoms with Gasteiger partial charge in [-0.2, -0.15) is 0 Å². The fourth-order valence-corrected chi connectivity index (χ4v) is 2.85. The molecule has 0 bridgehead atoms. The number of rotatable bonds is 4. The second-order valence-electron chi connectivity index (χ2n) is 5.66. The van der Waals surface area contributed by atoms with Crippen LogP contribution in [0.15, 0.2) is 24.3 Å². The maximum atomic E-state index is 12.0. The average molecular weight is 275 g/mol. The number of nitrogens with zero attached hydrogens (tertiary/aromatic N) is 2. The van der Waals surface area contributed by atoms with Gasteiger partial charge in [-0.3, -0.25) is 9.69 Å². The van der Waals surface area contributed by atoms with Crippen molar-refractivity contribution in [1.82, 2.24) is 9.80 Å². The molecule has 4 heteroatoms. The fraction of sp³-hybridized carbons (Fsp3) is 0.562. The van der Waals surface area contributed by atoms with Crippen molar-refractivity contribution in [3.05, 3.63) is 35.4 Å². The van der Waals surface area contributed by atoms with Gasteiger partial charge in [0.15, 0.2) is 0 Å². The molecule has 0 spiro atoms. The first-order valence-corrected chi connectivity index (χ1v) is 7.33. The van der Waals surface area contributed by atoms with Gasteiger partial charge in [-0.1, -0.05) is 31.2 Å². The van der Waals surface area contributed by atoms with Crippen LogP contribution in [0.5, 0.6) is 0 Å².